The summed E-state index contributed by atoms with van der Waals surface area (Å²) in [6, 6.07) is 0. The SMILES string of the molecule is Fc1nc(F)c(F)c(ON(C(F)(F)F)C(F)(F)F)c1F. The van der Waals surface area contributed by atoms with E-state index in [-0.39, 0.29) is 0 Å². The Kier molecular flexibility index (Phi) is 4.03. The highest BCUT2D eigenvalue weighted by Crippen LogP contribution is 2.36. The summed E-state index contributed by atoms with van der Waals surface area (Å²) in [6.45, 7) is 0. The average Bonchev–Trinajstić information content (AvgIpc) is 2.23. The molecule has 0 amide bonds. The molecule has 114 valence electrons. The van der Waals surface area contributed by atoms with Crippen molar-refractivity contribution >= 4 is 0 Å². The molecule has 0 aliphatic carbocycles. The Balaban J connectivity index is 3.33. The van der Waals surface area contributed by atoms with Crippen LogP contribution in [0.3, 0.4) is 0 Å². The molecule has 0 aliphatic heterocycles. The summed E-state index contributed by atoms with van der Waals surface area (Å²) in [4.78, 5) is 4.80. The van der Waals surface area contributed by atoms with Crippen molar-refractivity contribution in [2.75, 3.05) is 0 Å². The van der Waals surface area contributed by atoms with Crippen LogP contribution in [0.5, 0.6) is 5.75 Å². The molecule has 1 aromatic rings. The van der Waals surface area contributed by atoms with Gasteiger partial charge >= 0.3 is 12.6 Å². The second-order valence-corrected chi connectivity index (χ2v) is 2.97. The minimum atomic E-state index is -6.28. The standard InChI is InChI=1S/C7F10N2O/c8-1-3(2(9)5(11)18-4(1)10)20-19(6(12,13)14)7(15,16)17. The zero-order valence-corrected chi connectivity index (χ0v) is 8.58. The first-order valence-electron chi connectivity index (χ1n) is 4.17. The third-order valence-electron chi connectivity index (χ3n) is 1.60. The lowest BCUT2D eigenvalue weighted by Crippen LogP contribution is -2.50. The summed E-state index contributed by atoms with van der Waals surface area (Å²) in [5, 5.41) is -2.74. The molecule has 3 nitrogen and oxygen atoms in total. The number of nitrogens with zero attached hydrogens (tertiary/aromatic N) is 2. The van der Waals surface area contributed by atoms with E-state index in [4.69, 9.17) is 0 Å². The molecule has 0 atom stereocenters. The molecule has 0 unspecified atom stereocenters. The van der Waals surface area contributed by atoms with Gasteiger partial charge in [-0.05, 0) is 0 Å². The van der Waals surface area contributed by atoms with Crippen molar-refractivity contribution in [3.05, 3.63) is 23.5 Å². The molecule has 0 aromatic carbocycles. The van der Waals surface area contributed by atoms with Crippen LogP contribution in [0.15, 0.2) is 0 Å². The maximum absolute atomic E-state index is 12.8. The largest absolute Gasteiger partial charge is 0.500 e. The van der Waals surface area contributed by atoms with Crippen LogP contribution in [-0.2, 0) is 0 Å². The third-order valence-corrected chi connectivity index (χ3v) is 1.60. The highest BCUT2D eigenvalue weighted by Gasteiger charge is 2.57. The van der Waals surface area contributed by atoms with Crippen LogP contribution in [-0.4, -0.2) is 22.6 Å². The molecule has 1 rings (SSSR count). The Labute approximate surface area is 102 Å². The molecule has 0 spiro atoms. The molecule has 13 heteroatoms. The van der Waals surface area contributed by atoms with Gasteiger partial charge in [-0.2, -0.15) is 48.9 Å². The second-order valence-electron chi connectivity index (χ2n) is 2.97. The van der Waals surface area contributed by atoms with Gasteiger partial charge in [-0.15, -0.1) is 0 Å². The topological polar surface area (TPSA) is 25.4 Å². The molecule has 0 aliphatic rings. The first-order chi connectivity index (χ1) is 8.85. The van der Waals surface area contributed by atoms with Crippen LogP contribution in [0.1, 0.15) is 0 Å². The van der Waals surface area contributed by atoms with E-state index in [1.54, 1.807) is 0 Å². The highest BCUT2D eigenvalue weighted by molar-refractivity contribution is 5.23. The zero-order valence-electron chi connectivity index (χ0n) is 8.58. The van der Waals surface area contributed by atoms with Crippen LogP contribution in [0, 0.1) is 23.5 Å². The molecule has 1 aromatic heterocycles. The monoisotopic (exact) mass is 318 g/mol. The molecule has 0 saturated heterocycles. The third kappa shape index (κ3) is 3.20. The first-order valence-corrected chi connectivity index (χ1v) is 4.17. The number of pyridine rings is 1. The van der Waals surface area contributed by atoms with Crippen molar-refractivity contribution in [3.63, 3.8) is 0 Å². The lowest BCUT2D eigenvalue weighted by Gasteiger charge is -2.25. The van der Waals surface area contributed by atoms with E-state index in [2.05, 4.69) is 4.84 Å². The second kappa shape index (κ2) is 4.96. The predicted octanol–water partition coefficient (Wildman–Crippen LogP) is 3.27. The molecular formula is C7F10N2O. The number of rotatable bonds is 2. The molecule has 0 saturated carbocycles. The van der Waals surface area contributed by atoms with E-state index in [0.717, 1.165) is 0 Å². The molecule has 1 heterocycles. The van der Waals surface area contributed by atoms with E-state index in [0.29, 0.717) is 0 Å². The van der Waals surface area contributed by atoms with Crippen LogP contribution < -0.4 is 4.84 Å². The van der Waals surface area contributed by atoms with E-state index < -0.39 is 46.9 Å². The fraction of sp³-hybridized carbons (Fsp3) is 0.286. The fourth-order valence-electron chi connectivity index (χ4n) is 0.887. The number of aromatic nitrogens is 1. The normalized spacial score (nSPS) is 12.9. The van der Waals surface area contributed by atoms with E-state index in [9.17, 15) is 43.9 Å². The van der Waals surface area contributed by atoms with Crippen molar-refractivity contribution in [2.45, 2.75) is 12.6 Å². The van der Waals surface area contributed by atoms with Gasteiger partial charge in [-0.3, -0.25) is 0 Å². The van der Waals surface area contributed by atoms with Crippen molar-refractivity contribution in [1.82, 2.24) is 10.0 Å². The van der Waals surface area contributed by atoms with Gasteiger partial charge in [0.15, 0.2) is 0 Å². The van der Waals surface area contributed by atoms with Crippen molar-refractivity contribution < 1.29 is 48.7 Å². The van der Waals surface area contributed by atoms with E-state index in [1.807, 2.05) is 4.98 Å². The lowest BCUT2D eigenvalue weighted by molar-refractivity contribution is -0.456. The first kappa shape index (κ1) is 16.3. The average molecular weight is 318 g/mol. The number of hydrogen-bond acceptors (Lipinski definition) is 3. The van der Waals surface area contributed by atoms with E-state index in [1.165, 1.54) is 0 Å². The van der Waals surface area contributed by atoms with Gasteiger partial charge in [0, 0.05) is 0 Å². The number of alkyl halides is 6. The Morgan fingerprint density at radius 3 is 1.40 bits per heavy atom. The zero-order chi connectivity index (χ0) is 15.9. The van der Waals surface area contributed by atoms with Crippen molar-refractivity contribution in [3.8, 4) is 5.75 Å². The Morgan fingerprint density at radius 2 is 1.10 bits per heavy atom. The van der Waals surface area contributed by atoms with Crippen LogP contribution in [0.4, 0.5) is 43.9 Å². The smallest absolute Gasteiger partial charge is 0.383 e. The lowest BCUT2D eigenvalue weighted by atomic mass is 10.4. The van der Waals surface area contributed by atoms with Gasteiger partial charge in [0.1, 0.15) is 0 Å². The van der Waals surface area contributed by atoms with Gasteiger partial charge in [-0.1, -0.05) is 0 Å². The van der Waals surface area contributed by atoms with Crippen molar-refractivity contribution in [1.29, 1.82) is 0 Å². The van der Waals surface area contributed by atoms with Crippen LogP contribution in [0.2, 0.25) is 0 Å². The Hall–Kier alpha value is -1.79. The number of halogens is 10. The molecule has 20 heavy (non-hydrogen) atoms. The van der Waals surface area contributed by atoms with Gasteiger partial charge in [0.2, 0.25) is 17.4 Å². The molecule has 0 bridgehead atoms. The van der Waals surface area contributed by atoms with Gasteiger partial charge < -0.3 is 4.84 Å². The minimum Gasteiger partial charge on any atom is -0.383 e. The summed E-state index contributed by atoms with van der Waals surface area (Å²) < 4.78 is 123. The predicted molar refractivity (Wildman–Crippen MR) is 38.6 cm³/mol. The fourth-order valence-corrected chi connectivity index (χ4v) is 0.887. The summed E-state index contributed by atoms with van der Waals surface area (Å²) in [7, 11) is 0. The summed E-state index contributed by atoms with van der Waals surface area (Å²) >= 11 is 0. The maximum Gasteiger partial charge on any atom is 0.500 e. The quantitative estimate of drug-likeness (QED) is 0.362. The minimum absolute atomic E-state index is 1.92. The highest BCUT2D eigenvalue weighted by atomic mass is 19.4. The molecule has 0 fully saturated rings. The molecule has 0 N–H and O–H groups in total. The van der Waals surface area contributed by atoms with Gasteiger partial charge in [0.05, 0.1) is 5.06 Å². The van der Waals surface area contributed by atoms with Crippen LogP contribution in [0.25, 0.3) is 0 Å². The Morgan fingerprint density at radius 1 is 0.750 bits per heavy atom. The summed E-state index contributed by atoms with van der Waals surface area (Å²) in [6.07, 6.45) is -12.6. The van der Waals surface area contributed by atoms with Crippen LogP contribution >= 0.6 is 0 Å². The Bertz CT molecular complexity index is 470. The summed E-state index contributed by atoms with van der Waals surface area (Å²) in [5.74, 6) is -12.9. The number of hydrogen-bond donors (Lipinski definition) is 0. The van der Waals surface area contributed by atoms with Gasteiger partial charge in [-0.25, -0.2) is 0 Å². The van der Waals surface area contributed by atoms with Gasteiger partial charge in [0.25, 0.3) is 11.9 Å². The van der Waals surface area contributed by atoms with Crippen molar-refractivity contribution in [2.24, 2.45) is 0 Å². The number of hydroxylamine groups is 2. The molecular weight excluding hydrogens is 318 g/mol. The summed E-state index contributed by atoms with van der Waals surface area (Å²) in [5.41, 5.74) is 0. The van der Waals surface area contributed by atoms with E-state index >= 15 is 0 Å². The maximum atomic E-state index is 12.8. The molecule has 0 radical (unpaired) electrons.